The quantitative estimate of drug-likeness (QED) is 0.854. The Labute approximate surface area is 94.2 Å². The average molecular weight is 227 g/mol. The van der Waals surface area contributed by atoms with Crippen LogP contribution in [-0.4, -0.2) is 29.1 Å². The second-order valence-corrected chi connectivity index (χ2v) is 4.59. The van der Waals surface area contributed by atoms with Crippen LogP contribution in [0.5, 0.6) is 0 Å². The molecule has 0 aromatic carbocycles. The van der Waals surface area contributed by atoms with Crippen LogP contribution in [-0.2, 0) is 11.2 Å². The third kappa shape index (κ3) is 3.14. The van der Waals surface area contributed by atoms with E-state index in [1.54, 1.807) is 0 Å². The molecule has 1 fully saturated rings. The third-order valence-corrected chi connectivity index (χ3v) is 3.29. The van der Waals surface area contributed by atoms with E-state index in [9.17, 15) is 0 Å². The van der Waals surface area contributed by atoms with Gasteiger partial charge in [0.25, 0.3) is 0 Å². The number of nitrogens with one attached hydrogen (secondary N) is 1. The van der Waals surface area contributed by atoms with Gasteiger partial charge >= 0.3 is 0 Å². The molecule has 1 aliphatic rings. The maximum Gasteiger partial charge on any atom is 0.202 e. The summed E-state index contributed by atoms with van der Waals surface area (Å²) >= 11 is 1.45. The van der Waals surface area contributed by atoms with Crippen LogP contribution in [0.3, 0.4) is 0 Å². The van der Waals surface area contributed by atoms with E-state index in [-0.39, 0.29) is 0 Å². The minimum Gasteiger partial charge on any atom is -0.381 e. The van der Waals surface area contributed by atoms with Gasteiger partial charge in [0, 0.05) is 31.1 Å². The Morgan fingerprint density at radius 3 is 3.20 bits per heavy atom. The van der Waals surface area contributed by atoms with Gasteiger partial charge in [-0.2, -0.15) is 4.37 Å². The van der Waals surface area contributed by atoms with Crippen LogP contribution in [0, 0.1) is 5.92 Å². The van der Waals surface area contributed by atoms with Crippen LogP contribution in [0.25, 0.3) is 0 Å². The molecule has 0 saturated carbocycles. The Hall–Kier alpha value is -0.680. The van der Waals surface area contributed by atoms with Gasteiger partial charge in [-0.25, -0.2) is 4.98 Å². The van der Waals surface area contributed by atoms with Crippen molar-refractivity contribution >= 4 is 16.7 Å². The van der Waals surface area contributed by atoms with Gasteiger partial charge in [0.15, 0.2) is 0 Å². The smallest absolute Gasteiger partial charge is 0.202 e. The summed E-state index contributed by atoms with van der Waals surface area (Å²) in [5.74, 6) is 1.56. The van der Waals surface area contributed by atoms with Crippen LogP contribution in [0.4, 0.5) is 5.13 Å². The zero-order valence-corrected chi connectivity index (χ0v) is 9.85. The summed E-state index contributed by atoms with van der Waals surface area (Å²) in [6.07, 6.45) is 3.35. The zero-order chi connectivity index (χ0) is 10.5. The maximum atomic E-state index is 5.42. The lowest BCUT2D eigenvalue weighted by Gasteiger charge is -2.21. The monoisotopic (exact) mass is 227 g/mol. The Bertz CT molecular complexity index is 297. The summed E-state index contributed by atoms with van der Waals surface area (Å²) in [5, 5.41) is 4.28. The molecule has 2 heterocycles. The molecular formula is C10H17N3OS. The van der Waals surface area contributed by atoms with Crippen LogP contribution in [0.1, 0.15) is 25.6 Å². The standard InChI is InChI=1S/C10H17N3OS/c1-2-9-12-10(15-13-9)11-6-8-4-3-5-14-7-8/h8H,2-7H2,1H3,(H,11,12,13). The summed E-state index contributed by atoms with van der Waals surface area (Å²) in [5.41, 5.74) is 0. The maximum absolute atomic E-state index is 5.42. The molecule has 1 aromatic heterocycles. The van der Waals surface area contributed by atoms with Crippen molar-refractivity contribution in [2.75, 3.05) is 25.1 Å². The molecule has 1 saturated heterocycles. The lowest BCUT2D eigenvalue weighted by molar-refractivity contribution is 0.0595. The van der Waals surface area contributed by atoms with Crippen molar-refractivity contribution in [1.29, 1.82) is 0 Å². The molecule has 84 valence electrons. The molecule has 0 radical (unpaired) electrons. The topological polar surface area (TPSA) is 47.0 Å². The third-order valence-electron chi connectivity index (χ3n) is 2.58. The van der Waals surface area contributed by atoms with E-state index >= 15 is 0 Å². The fourth-order valence-corrected chi connectivity index (χ4v) is 2.33. The summed E-state index contributed by atoms with van der Waals surface area (Å²) < 4.78 is 9.66. The van der Waals surface area contributed by atoms with Crippen LogP contribution in [0.15, 0.2) is 0 Å². The highest BCUT2D eigenvalue weighted by atomic mass is 32.1. The van der Waals surface area contributed by atoms with Gasteiger partial charge in [-0.15, -0.1) is 0 Å². The van der Waals surface area contributed by atoms with Crippen molar-refractivity contribution in [3.8, 4) is 0 Å². The Morgan fingerprint density at radius 2 is 2.53 bits per heavy atom. The van der Waals surface area contributed by atoms with Crippen molar-refractivity contribution in [2.45, 2.75) is 26.2 Å². The van der Waals surface area contributed by atoms with Gasteiger partial charge in [-0.3, -0.25) is 0 Å². The molecule has 4 nitrogen and oxygen atoms in total. The molecule has 1 atom stereocenters. The molecule has 0 amide bonds. The van der Waals surface area contributed by atoms with Gasteiger partial charge in [0.1, 0.15) is 5.82 Å². The number of aryl methyl sites for hydroxylation is 1. The predicted octanol–water partition coefficient (Wildman–Crippen LogP) is 1.94. The molecule has 1 aromatic rings. The molecule has 5 heteroatoms. The van der Waals surface area contributed by atoms with Crippen LogP contribution >= 0.6 is 11.5 Å². The molecular weight excluding hydrogens is 210 g/mol. The van der Waals surface area contributed by atoms with Crippen LogP contribution < -0.4 is 5.32 Å². The number of aromatic nitrogens is 2. The van der Waals surface area contributed by atoms with Crippen molar-refractivity contribution in [3.05, 3.63) is 5.82 Å². The summed E-state index contributed by atoms with van der Waals surface area (Å²) in [7, 11) is 0. The molecule has 1 unspecified atom stereocenters. The second-order valence-electron chi connectivity index (χ2n) is 3.83. The SMILES string of the molecule is CCc1nsc(NCC2CCCOC2)n1. The fourth-order valence-electron chi connectivity index (χ4n) is 1.67. The first-order chi connectivity index (χ1) is 7.38. The number of nitrogens with zero attached hydrogens (tertiary/aromatic N) is 2. The number of anilines is 1. The normalized spacial score (nSPS) is 21.5. The van der Waals surface area contributed by atoms with E-state index in [1.807, 2.05) is 0 Å². The van der Waals surface area contributed by atoms with Gasteiger partial charge in [0.2, 0.25) is 5.13 Å². The van der Waals surface area contributed by atoms with Gasteiger partial charge in [-0.05, 0) is 18.8 Å². The highest BCUT2D eigenvalue weighted by Gasteiger charge is 2.14. The van der Waals surface area contributed by atoms with Crippen molar-refractivity contribution in [2.24, 2.45) is 5.92 Å². The first-order valence-corrected chi connectivity index (χ1v) is 6.30. The van der Waals surface area contributed by atoms with Crippen LogP contribution in [0.2, 0.25) is 0 Å². The zero-order valence-electron chi connectivity index (χ0n) is 9.03. The molecule has 0 spiro atoms. The molecule has 0 aliphatic carbocycles. The molecule has 15 heavy (non-hydrogen) atoms. The number of ether oxygens (including phenoxy) is 1. The molecule has 0 bridgehead atoms. The number of rotatable bonds is 4. The minimum absolute atomic E-state index is 0.632. The highest BCUT2D eigenvalue weighted by Crippen LogP contribution is 2.16. The first-order valence-electron chi connectivity index (χ1n) is 5.52. The summed E-state index contributed by atoms with van der Waals surface area (Å²) in [6, 6.07) is 0. The highest BCUT2D eigenvalue weighted by molar-refractivity contribution is 7.09. The van der Waals surface area contributed by atoms with Crippen molar-refractivity contribution in [3.63, 3.8) is 0 Å². The van der Waals surface area contributed by atoms with Gasteiger partial charge < -0.3 is 10.1 Å². The lowest BCUT2D eigenvalue weighted by Crippen LogP contribution is -2.24. The second kappa shape index (κ2) is 5.42. The average Bonchev–Trinajstić information content (AvgIpc) is 2.76. The molecule has 1 aliphatic heterocycles. The van der Waals surface area contributed by atoms with E-state index in [4.69, 9.17) is 4.74 Å². The predicted molar refractivity (Wildman–Crippen MR) is 61.3 cm³/mol. The first kappa shape index (κ1) is 10.8. The number of hydrogen-bond donors (Lipinski definition) is 1. The van der Waals surface area contributed by atoms with Gasteiger partial charge in [0.05, 0.1) is 6.61 Å². The van der Waals surface area contributed by atoms with Gasteiger partial charge in [-0.1, -0.05) is 6.92 Å². The lowest BCUT2D eigenvalue weighted by atomic mass is 10.0. The van der Waals surface area contributed by atoms with E-state index in [0.717, 1.165) is 37.1 Å². The number of hydrogen-bond acceptors (Lipinski definition) is 5. The summed E-state index contributed by atoms with van der Waals surface area (Å²) in [6.45, 7) is 4.83. The Morgan fingerprint density at radius 1 is 1.60 bits per heavy atom. The Kier molecular flexibility index (Phi) is 3.91. The fraction of sp³-hybridized carbons (Fsp3) is 0.800. The van der Waals surface area contributed by atoms with E-state index in [1.165, 1.54) is 24.4 Å². The van der Waals surface area contributed by atoms with E-state index in [0.29, 0.717) is 5.92 Å². The Balaban J connectivity index is 1.76. The minimum atomic E-state index is 0.632. The largest absolute Gasteiger partial charge is 0.381 e. The van der Waals surface area contributed by atoms with Crippen molar-refractivity contribution in [1.82, 2.24) is 9.36 Å². The van der Waals surface area contributed by atoms with E-state index in [2.05, 4.69) is 21.6 Å². The van der Waals surface area contributed by atoms with Crippen molar-refractivity contribution < 1.29 is 4.74 Å². The summed E-state index contributed by atoms with van der Waals surface area (Å²) in [4.78, 5) is 4.37. The molecule has 1 N–H and O–H groups in total. The van der Waals surface area contributed by atoms with E-state index < -0.39 is 0 Å². The molecule has 2 rings (SSSR count).